The van der Waals surface area contributed by atoms with E-state index in [1.165, 1.54) is 42.5 Å². The summed E-state index contributed by atoms with van der Waals surface area (Å²) in [5.74, 6) is -16.6. The Morgan fingerprint density at radius 1 is 0.510 bits per heavy atom. The molecular weight excluding hydrogens is 759 g/mol. The van der Waals surface area contributed by atoms with Gasteiger partial charge in [0.05, 0.1) is 22.9 Å². The molecule has 0 radical (unpaired) electrons. The summed E-state index contributed by atoms with van der Waals surface area (Å²) in [5.41, 5.74) is -4.19. The summed E-state index contributed by atoms with van der Waals surface area (Å²) in [6, 6.07) is 18.1. The Kier molecular flexibility index (Phi) is 7.96. The Bertz CT molecular complexity index is 2340. The number of hydrogen-bond acceptors (Lipinski definition) is 8. The van der Waals surface area contributed by atoms with E-state index in [1.54, 1.807) is 12.1 Å². The van der Waals surface area contributed by atoms with Gasteiger partial charge in [-0.05, 0) is 48.5 Å². The molecule has 1 aliphatic carbocycles. The number of halogens is 6. The van der Waals surface area contributed by atoms with E-state index in [0.717, 1.165) is 74.1 Å². The molecule has 0 saturated heterocycles. The number of hydrogen-bond donors (Lipinski definition) is 0. The van der Waals surface area contributed by atoms with Gasteiger partial charge < -0.3 is 0 Å². The lowest BCUT2D eigenvalue weighted by Crippen LogP contribution is -2.48. The number of thiophene rings is 6. The van der Waals surface area contributed by atoms with Gasteiger partial charge >= 0.3 is 17.8 Å². The lowest BCUT2D eigenvalue weighted by Gasteiger charge is -2.25. The minimum Gasteiger partial charge on any atom is -0.227 e. The van der Waals surface area contributed by atoms with Gasteiger partial charge in [0.15, 0.2) is 0 Å². The van der Waals surface area contributed by atoms with E-state index in [9.17, 15) is 10.5 Å². The molecule has 240 valence electrons. The van der Waals surface area contributed by atoms with Crippen LogP contribution in [-0.2, 0) is 0 Å². The lowest BCUT2D eigenvalue weighted by atomic mass is 9.94. The van der Waals surface area contributed by atoms with Gasteiger partial charge in [-0.2, -0.15) is 59.5 Å². The van der Waals surface area contributed by atoms with E-state index < -0.39 is 40.0 Å². The first kappa shape index (κ1) is 33.0. The topological polar surface area (TPSA) is 56.3 Å². The lowest BCUT2D eigenvalue weighted by molar-refractivity contribution is -0.254. The third-order valence-electron chi connectivity index (χ3n) is 7.44. The number of rotatable bonds is 6. The van der Waals surface area contributed by atoms with E-state index in [0.29, 0.717) is 14.6 Å². The monoisotopic (exact) mass is 768 g/mol. The summed E-state index contributed by atoms with van der Waals surface area (Å²) < 4.78 is 96.4. The van der Waals surface area contributed by atoms with E-state index in [4.69, 9.17) is 13.1 Å². The Morgan fingerprint density at radius 2 is 0.898 bits per heavy atom. The van der Waals surface area contributed by atoms with E-state index in [-0.39, 0.29) is 44.1 Å². The van der Waals surface area contributed by atoms with E-state index in [2.05, 4.69) is 9.69 Å². The molecule has 0 N–H and O–H groups in total. The molecule has 4 nitrogen and oxygen atoms in total. The zero-order valence-corrected chi connectivity index (χ0v) is 28.7. The van der Waals surface area contributed by atoms with Gasteiger partial charge in [0.2, 0.25) is 10.0 Å². The molecule has 0 aliphatic heterocycles. The molecule has 6 aromatic rings. The van der Waals surface area contributed by atoms with Crippen molar-refractivity contribution in [3.05, 3.63) is 104 Å². The molecule has 0 amide bonds. The summed E-state index contributed by atoms with van der Waals surface area (Å²) in [6.07, 6.45) is 0. The van der Waals surface area contributed by atoms with Gasteiger partial charge in [-0.3, -0.25) is 0 Å². The minimum atomic E-state index is -5.84. The predicted octanol–water partition coefficient (Wildman–Crippen LogP) is 13.4. The third kappa shape index (κ3) is 5.07. The predicted molar refractivity (Wildman–Crippen MR) is 185 cm³/mol. The Balaban J connectivity index is 1.58. The van der Waals surface area contributed by atoms with Crippen LogP contribution in [0.25, 0.3) is 59.9 Å². The van der Waals surface area contributed by atoms with Crippen molar-refractivity contribution in [3.63, 3.8) is 0 Å². The molecule has 0 atom stereocenters. The molecular formula is C33H10F6N4S6. The largest absolute Gasteiger partial charge is 0.380 e. The summed E-state index contributed by atoms with van der Waals surface area (Å²) in [7, 11) is 0. The van der Waals surface area contributed by atoms with Crippen molar-refractivity contribution in [1.29, 1.82) is 10.5 Å². The second kappa shape index (κ2) is 11.8. The summed E-state index contributed by atoms with van der Waals surface area (Å²) in [6.45, 7) is 14.7. The van der Waals surface area contributed by atoms with Crippen LogP contribution in [0.15, 0.2) is 60.7 Å². The van der Waals surface area contributed by atoms with Crippen LogP contribution in [0.1, 0.15) is 20.9 Å². The fraction of sp³-hybridized carbons (Fsp3) is 0.0909. The Hall–Kier alpha value is -4.52. The second-order valence-corrected chi connectivity index (χ2v) is 16.6. The first-order valence-electron chi connectivity index (χ1n) is 13.5. The molecule has 49 heavy (non-hydrogen) atoms. The van der Waals surface area contributed by atoms with Crippen molar-refractivity contribution in [2.75, 3.05) is 0 Å². The molecule has 6 aromatic heterocycles. The fourth-order valence-electron chi connectivity index (χ4n) is 5.28. The maximum atomic E-state index is 16.3. The normalized spacial score (nSPS) is 15.9. The van der Waals surface area contributed by atoms with Crippen LogP contribution < -0.4 is 0 Å². The molecule has 7 rings (SSSR count). The number of nitriles is 2. The fourth-order valence-corrected chi connectivity index (χ4v) is 11.2. The van der Waals surface area contributed by atoms with Gasteiger partial charge in [0.1, 0.15) is 21.9 Å². The number of alkyl halides is 6. The molecule has 16 heteroatoms. The summed E-state index contributed by atoms with van der Waals surface area (Å²) in [5, 5.41) is 19.3. The van der Waals surface area contributed by atoms with Crippen LogP contribution in [-0.4, -0.2) is 17.8 Å². The van der Waals surface area contributed by atoms with Crippen LogP contribution in [0, 0.1) is 35.8 Å². The molecule has 0 fully saturated rings. The van der Waals surface area contributed by atoms with E-state index >= 15 is 26.3 Å². The standard InChI is InChI=1S/C33H10F6N4S6/c1-42-25-9-7-20(46-25)24-12-17(29(49-24)21-6-4-16(14-41)45-21)27-28(32(36,37)33(38,39)31(27,34)35)18-11-23(19-5-3-15(13-40)44-19)48-30(18)22-8-10-26(43-2)47-22/h3-12H. The zero-order chi connectivity index (χ0) is 34.9. The number of nitrogens with zero attached hydrogens (tertiary/aromatic N) is 4. The molecule has 0 saturated carbocycles. The van der Waals surface area contributed by atoms with Gasteiger partial charge in [-0.25, -0.2) is 9.69 Å². The first-order chi connectivity index (χ1) is 23.3. The van der Waals surface area contributed by atoms with Crippen molar-refractivity contribution in [2.24, 2.45) is 0 Å². The SMILES string of the molecule is [C-]#[N+]c1ccc(-c2cc(C3=C(c4cc(-c5ccc(C#N)s5)sc4-c4ccc([N+]#[C-])s4)C(F)(F)C(F)(F)C3(F)F)c(-c3ccc(C#N)s3)s2)s1. The highest BCUT2D eigenvalue weighted by atomic mass is 32.1. The van der Waals surface area contributed by atoms with Gasteiger partial charge in [-0.15, -0.1) is 45.3 Å². The molecule has 0 bridgehead atoms. The quantitative estimate of drug-likeness (QED) is 0.125. The van der Waals surface area contributed by atoms with Gasteiger partial charge in [0, 0.05) is 51.5 Å². The van der Waals surface area contributed by atoms with Crippen molar-refractivity contribution >= 4 is 89.2 Å². The maximum absolute atomic E-state index is 16.3. The third-order valence-corrected chi connectivity index (χ3v) is 14.4. The van der Waals surface area contributed by atoms with Crippen molar-refractivity contribution < 1.29 is 26.3 Å². The maximum Gasteiger partial charge on any atom is 0.380 e. The van der Waals surface area contributed by atoms with Crippen molar-refractivity contribution in [3.8, 4) is 51.2 Å². The van der Waals surface area contributed by atoms with E-state index in [1.807, 2.05) is 12.1 Å². The van der Waals surface area contributed by atoms with Crippen molar-refractivity contribution in [1.82, 2.24) is 0 Å². The molecule has 1 aliphatic rings. The van der Waals surface area contributed by atoms with Crippen LogP contribution >= 0.6 is 68.0 Å². The zero-order valence-electron chi connectivity index (χ0n) is 23.8. The molecule has 6 heterocycles. The Morgan fingerprint density at radius 3 is 1.35 bits per heavy atom. The van der Waals surface area contributed by atoms with Crippen LogP contribution in [0.5, 0.6) is 0 Å². The van der Waals surface area contributed by atoms with Gasteiger partial charge in [-0.1, -0.05) is 12.1 Å². The highest BCUT2D eigenvalue weighted by Crippen LogP contribution is 2.67. The molecule has 0 spiro atoms. The van der Waals surface area contributed by atoms with Gasteiger partial charge in [0.25, 0.3) is 0 Å². The first-order valence-corrected chi connectivity index (χ1v) is 18.4. The smallest absolute Gasteiger partial charge is 0.227 e. The van der Waals surface area contributed by atoms with Crippen molar-refractivity contribution in [2.45, 2.75) is 17.8 Å². The minimum absolute atomic E-state index is 0.0117. The molecule has 0 unspecified atom stereocenters. The highest BCUT2D eigenvalue weighted by Gasteiger charge is 2.80. The average Bonchev–Trinajstić information content (AvgIpc) is 3.92. The second-order valence-electron chi connectivity index (χ2n) is 10.2. The van der Waals surface area contributed by atoms with Crippen LogP contribution in [0.3, 0.4) is 0 Å². The highest BCUT2D eigenvalue weighted by molar-refractivity contribution is 7.28. The number of allylic oxidation sites excluding steroid dienone is 2. The molecule has 0 aromatic carbocycles. The van der Waals surface area contributed by atoms with Crippen LogP contribution in [0.2, 0.25) is 0 Å². The summed E-state index contributed by atoms with van der Waals surface area (Å²) >= 11 is 5.66. The van der Waals surface area contributed by atoms with Crippen LogP contribution in [0.4, 0.5) is 36.3 Å². The Labute approximate surface area is 297 Å². The summed E-state index contributed by atoms with van der Waals surface area (Å²) in [4.78, 5) is 9.10. The average molecular weight is 769 g/mol.